The standard InChI is InChI=1S/C13H16N2O3S2.ClH2NO2S/c16-20(17,18)15-10-6-7-11-12(8-10)19-14-13(11)9-4-2-1-3-5-9;1-5(2,3)4/h6-9,15H,1-5H2,(H,16,17,18);(H2,2,3,4). The number of anilines is 1. The molecule has 0 aliphatic heterocycles. The van der Waals surface area contributed by atoms with Crippen molar-refractivity contribution in [3.8, 4) is 0 Å². The molecule has 25 heavy (non-hydrogen) atoms. The van der Waals surface area contributed by atoms with E-state index in [1.807, 2.05) is 6.07 Å². The zero-order chi connectivity index (χ0) is 18.7. The molecule has 0 radical (unpaired) electrons. The molecule has 8 nitrogen and oxygen atoms in total. The van der Waals surface area contributed by atoms with Gasteiger partial charge in [-0.25, -0.2) is 5.14 Å². The summed E-state index contributed by atoms with van der Waals surface area (Å²) in [5.74, 6) is 0.526. The van der Waals surface area contributed by atoms with Gasteiger partial charge in [-0.3, -0.25) is 9.27 Å². The highest BCUT2D eigenvalue weighted by molar-refractivity contribution is 8.11. The topological polar surface area (TPSA) is 139 Å². The number of hydrogen-bond acceptors (Lipinski definition) is 6. The minimum Gasteiger partial charge on any atom is -0.269 e. The average molecular weight is 428 g/mol. The number of nitrogens with zero attached hydrogens (tertiary/aromatic N) is 1. The minimum atomic E-state index is -4.23. The van der Waals surface area contributed by atoms with Crippen LogP contribution in [0.2, 0.25) is 0 Å². The third-order valence-corrected chi connectivity index (χ3v) is 5.05. The Morgan fingerprint density at radius 1 is 1.20 bits per heavy atom. The Morgan fingerprint density at radius 2 is 1.80 bits per heavy atom. The van der Waals surface area contributed by atoms with E-state index in [0.717, 1.165) is 15.8 Å². The van der Waals surface area contributed by atoms with Crippen molar-refractivity contribution in [1.29, 1.82) is 0 Å². The molecular formula is C13H18ClN3O5S3. The second kappa shape index (κ2) is 8.14. The lowest BCUT2D eigenvalue weighted by molar-refractivity contribution is 0.441. The van der Waals surface area contributed by atoms with E-state index in [-0.39, 0.29) is 0 Å². The van der Waals surface area contributed by atoms with Crippen molar-refractivity contribution in [3.05, 3.63) is 23.9 Å². The first kappa shape index (κ1) is 20.3. The minimum absolute atomic E-state index is 0.360. The van der Waals surface area contributed by atoms with Crippen molar-refractivity contribution in [3.63, 3.8) is 0 Å². The maximum atomic E-state index is 10.8. The zero-order valence-electron chi connectivity index (χ0n) is 13.1. The second-order valence-electron chi connectivity index (χ2n) is 5.67. The molecule has 0 atom stereocenters. The zero-order valence-corrected chi connectivity index (χ0v) is 16.3. The van der Waals surface area contributed by atoms with Crippen LogP contribution in [0.15, 0.2) is 18.2 Å². The van der Waals surface area contributed by atoms with Gasteiger partial charge in [-0.1, -0.05) is 19.3 Å². The monoisotopic (exact) mass is 427 g/mol. The van der Waals surface area contributed by atoms with E-state index >= 15 is 0 Å². The summed E-state index contributed by atoms with van der Waals surface area (Å²) in [7, 11) is -3.64. The van der Waals surface area contributed by atoms with Crippen LogP contribution in [0.3, 0.4) is 0 Å². The molecule has 12 heteroatoms. The molecule has 0 saturated heterocycles. The summed E-state index contributed by atoms with van der Waals surface area (Å²) in [5, 5.41) is 5.19. The van der Waals surface area contributed by atoms with Crippen LogP contribution in [-0.2, 0) is 19.5 Å². The van der Waals surface area contributed by atoms with Gasteiger partial charge in [-0.05, 0) is 42.6 Å². The van der Waals surface area contributed by atoms with Crippen LogP contribution in [-0.4, -0.2) is 25.8 Å². The number of benzene rings is 1. The molecule has 140 valence electrons. The Hall–Kier alpha value is -0.980. The molecule has 0 unspecified atom stereocenters. The summed E-state index contributed by atoms with van der Waals surface area (Å²) in [6, 6.07) is 5.26. The SMILES string of the molecule is NS(=O)(=O)Cl.O=S(=O)(O)Nc1ccc2c(C3CCCCC3)nsc2c1. The van der Waals surface area contributed by atoms with Gasteiger partial charge in [-0.2, -0.15) is 21.2 Å². The van der Waals surface area contributed by atoms with Gasteiger partial charge in [-0.15, -0.1) is 0 Å². The van der Waals surface area contributed by atoms with Crippen LogP contribution in [0.5, 0.6) is 0 Å². The Morgan fingerprint density at radius 3 is 2.36 bits per heavy atom. The summed E-state index contributed by atoms with van der Waals surface area (Å²) in [6.07, 6.45) is 6.19. The Kier molecular flexibility index (Phi) is 6.62. The second-order valence-corrected chi connectivity index (χ2v) is 9.87. The fourth-order valence-corrected chi connectivity index (χ4v) is 4.16. The summed E-state index contributed by atoms with van der Waals surface area (Å²) in [4.78, 5) is 0. The molecule has 1 heterocycles. The number of aromatic nitrogens is 1. The number of hydrogen-bond donors (Lipinski definition) is 3. The molecule has 3 rings (SSSR count). The molecule has 1 saturated carbocycles. The van der Waals surface area contributed by atoms with Gasteiger partial charge in [0.2, 0.25) is 0 Å². The molecule has 1 aromatic heterocycles. The third-order valence-electron chi connectivity index (χ3n) is 3.74. The maximum absolute atomic E-state index is 10.8. The molecule has 0 amide bonds. The van der Waals surface area contributed by atoms with Gasteiger partial charge < -0.3 is 0 Å². The molecule has 1 aliphatic carbocycles. The van der Waals surface area contributed by atoms with Crippen LogP contribution < -0.4 is 9.86 Å². The highest BCUT2D eigenvalue weighted by atomic mass is 35.7. The van der Waals surface area contributed by atoms with E-state index in [1.165, 1.54) is 43.6 Å². The molecule has 1 aromatic carbocycles. The van der Waals surface area contributed by atoms with E-state index in [0.29, 0.717) is 11.6 Å². The van der Waals surface area contributed by atoms with Crippen molar-refractivity contribution >= 4 is 57.5 Å². The Bertz CT molecular complexity index is 929. The summed E-state index contributed by atoms with van der Waals surface area (Å²) < 4.78 is 56.4. The van der Waals surface area contributed by atoms with Gasteiger partial charge in [0.1, 0.15) is 0 Å². The highest BCUT2D eigenvalue weighted by Crippen LogP contribution is 2.37. The number of nitrogens with two attached hydrogens (primary N) is 1. The van der Waals surface area contributed by atoms with Crippen LogP contribution >= 0.6 is 22.2 Å². The van der Waals surface area contributed by atoms with Gasteiger partial charge in [0.05, 0.1) is 16.1 Å². The lowest BCUT2D eigenvalue weighted by Crippen LogP contribution is -2.10. The molecule has 4 N–H and O–H groups in total. The Labute approximate surface area is 155 Å². The van der Waals surface area contributed by atoms with Crippen LogP contribution in [0.1, 0.15) is 43.7 Å². The summed E-state index contributed by atoms with van der Waals surface area (Å²) >= 11 is 1.38. The normalized spacial score (nSPS) is 16.3. The van der Waals surface area contributed by atoms with E-state index in [9.17, 15) is 16.8 Å². The quantitative estimate of drug-likeness (QED) is 0.508. The molecule has 1 fully saturated rings. The number of nitrogens with one attached hydrogen (secondary N) is 1. The van der Waals surface area contributed by atoms with E-state index in [4.69, 9.17) is 4.55 Å². The fraction of sp³-hybridized carbons (Fsp3) is 0.462. The Balaban J connectivity index is 0.000000399. The van der Waals surface area contributed by atoms with E-state index in [2.05, 4.69) is 24.9 Å². The molecule has 1 aliphatic rings. The number of rotatable bonds is 3. The van der Waals surface area contributed by atoms with Crippen molar-refractivity contribution < 1.29 is 21.4 Å². The van der Waals surface area contributed by atoms with Crippen molar-refractivity contribution in [1.82, 2.24) is 4.37 Å². The summed E-state index contributed by atoms with van der Waals surface area (Å²) in [5.41, 5.74) is 1.50. The van der Waals surface area contributed by atoms with Crippen molar-refractivity contribution in [2.75, 3.05) is 4.72 Å². The molecular weight excluding hydrogens is 410 g/mol. The molecule has 0 bridgehead atoms. The van der Waals surface area contributed by atoms with E-state index in [1.54, 1.807) is 12.1 Å². The largest absolute Gasteiger partial charge is 0.357 e. The number of halogens is 1. The van der Waals surface area contributed by atoms with Crippen LogP contribution in [0, 0.1) is 0 Å². The van der Waals surface area contributed by atoms with Crippen molar-refractivity contribution in [2.45, 2.75) is 38.0 Å². The highest BCUT2D eigenvalue weighted by Gasteiger charge is 2.20. The van der Waals surface area contributed by atoms with Crippen LogP contribution in [0.25, 0.3) is 10.1 Å². The predicted molar refractivity (Wildman–Crippen MR) is 99.6 cm³/mol. The third kappa shape index (κ3) is 7.04. The predicted octanol–water partition coefficient (Wildman–Crippen LogP) is 2.99. The maximum Gasteiger partial charge on any atom is 0.357 e. The molecule has 0 spiro atoms. The van der Waals surface area contributed by atoms with Gasteiger partial charge in [0.15, 0.2) is 0 Å². The smallest absolute Gasteiger partial charge is 0.269 e. The lowest BCUT2D eigenvalue weighted by Gasteiger charge is -2.20. The van der Waals surface area contributed by atoms with Gasteiger partial charge in [0, 0.05) is 22.0 Å². The molecule has 2 aromatic rings. The van der Waals surface area contributed by atoms with Crippen molar-refractivity contribution in [2.24, 2.45) is 5.14 Å². The summed E-state index contributed by atoms with van der Waals surface area (Å²) in [6.45, 7) is 0. The van der Waals surface area contributed by atoms with E-state index < -0.39 is 19.5 Å². The van der Waals surface area contributed by atoms with Gasteiger partial charge in [0.25, 0.3) is 9.24 Å². The first-order valence-electron chi connectivity index (χ1n) is 7.40. The number of fused-ring (bicyclic) bond motifs is 1. The van der Waals surface area contributed by atoms with Gasteiger partial charge >= 0.3 is 10.3 Å². The van der Waals surface area contributed by atoms with Crippen LogP contribution in [0.4, 0.5) is 5.69 Å². The first-order chi connectivity index (χ1) is 11.5. The fourth-order valence-electron chi connectivity index (χ4n) is 2.84. The lowest BCUT2D eigenvalue weighted by atomic mass is 9.86. The average Bonchev–Trinajstić information content (AvgIpc) is 2.88. The first-order valence-corrected chi connectivity index (χ1v) is 12.0.